The first-order valence-corrected chi connectivity index (χ1v) is 8.01. The molecule has 98 valence electrons. The molecule has 0 saturated carbocycles. The topological polar surface area (TPSA) is 12.0 Å². The van der Waals surface area contributed by atoms with Gasteiger partial charge >= 0.3 is 0 Å². The molecule has 2 heteroatoms. The van der Waals surface area contributed by atoms with Gasteiger partial charge in [-0.1, -0.05) is 34.6 Å². The Labute approximate surface area is 107 Å². The van der Waals surface area contributed by atoms with Crippen molar-refractivity contribution in [2.24, 2.45) is 17.8 Å². The second-order valence-corrected chi connectivity index (χ2v) is 6.74. The third-order valence-electron chi connectivity index (χ3n) is 3.14. The largest absolute Gasteiger partial charge is 0.316 e. The number of hydrogen-bond donors (Lipinski definition) is 1. The molecule has 0 aromatic heterocycles. The molecule has 2 atom stereocenters. The van der Waals surface area contributed by atoms with Gasteiger partial charge in [0, 0.05) is 0 Å². The average molecular weight is 245 g/mol. The van der Waals surface area contributed by atoms with Crippen molar-refractivity contribution in [3.8, 4) is 0 Å². The molecule has 0 amide bonds. The zero-order valence-electron chi connectivity index (χ0n) is 11.9. The van der Waals surface area contributed by atoms with Crippen LogP contribution >= 0.6 is 11.8 Å². The smallest absolute Gasteiger partial charge is 0.00205 e. The van der Waals surface area contributed by atoms with Gasteiger partial charge in [-0.3, -0.25) is 0 Å². The van der Waals surface area contributed by atoms with Crippen molar-refractivity contribution in [2.45, 2.75) is 47.5 Å². The highest BCUT2D eigenvalue weighted by Crippen LogP contribution is 2.17. The summed E-state index contributed by atoms with van der Waals surface area (Å²) in [6, 6.07) is 0. The summed E-state index contributed by atoms with van der Waals surface area (Å²) >= 11 is 2.07. The minimum absolute atomic E-state index is 0.767. The Morgan fingerprint density at radius 3 is 2.25 bits per heavy atom. The van der Waals surface area contributed by atoms with E-state index in [1.54, 1.807) is 0 Å². The lowest BCUT2D eigenvalue weighted by Gasteiger charge is -2.21. The molecule has 1 nitrogen and oxygen atoms in total. The van der Waals surface area contributed by atoms with E-state index in [1.807, 2.05) is 0 Å². The van der Waals surface area contributed by atoms with Crippen LogP contribution in [0.15, 0.2) is 0 Å². The second-order valence-electron chi connectivity index (χ2n) is 5.35. The highest BCUT2D eigenvalue weighted by atomic mass is 32.2. The standard InChI is InChI=1S/C14H31NS/c1-6-16-9-7-8-13(4)14(5)11-15-10-12(2)3/h12-15H,6-11H2,1-5H3. The minimum Gasteiger partial charge on any atom is -0.316 e. The van der Waals surface area contributed by atoms with Crippen LogP contribution in [0, 0.1) is 17.8 Å². The molecule has 0 saturated heterocycles. The van der Waals surface area contributed by atoms with Crippen molar-refractivity contribution < 1.29 is 0 Å². The maximum atomic E-state index is 3.56. The Hall–Kier alpha value is 0.310. The molecule has 0 rings (SSSR count). The molecule has 0 aromatic rings. The first-order chi connectivity index (χ1) is 7.57. The van der Waals surface area contributed by atoms with E-state index in [2.05, 4.69) is 51.7 Å². The maximum absolute atomic E-state index is 3.56. The average Bonchev–Trinajstić information content (AvgIpc) is 2.23. The molecule has 2 unspecified atom stereocenters. The quantitative estimate of drug-likeness (QED) is 0.583. The van der Waals surface area contributed by atoms with Gasteiger partial charge in [0.25, 0.3) is 0 Å². The lowest BCUT2D eigenvalue weighted by Crippen LogP contribution is -2.28. The molecule has 1 N–H and O–H groups in total. The fraction of sp³-hybridized carbons (Fsp3) is 1.00. The summed E-state index contributed by atoms with van der Waals surface area (Å²) in [6.07, 6.45) is 2.77. The summed E-state index contributed by atoms with van der Waals surface area (Å²) in [5.41, 5.74) is 0. The molecule has 0 spiro atoms. The van der Waals surface area contributed by atoms with E-state index in [-0.39, 0.29) is 0 Å². The SMILES string of the molecule is CCSCCCC(C)C(C)CNCC(C)C. The van der Waals surface area contributed by atoms with Crippen molar-refractivity contribution in [1.29, 1.82) is 0 Å². The third-order valence-corrected chi connectivity index (χ3v) is 4.13. The van der Waals surface area contributed by atoms with Crippen LogP contribution < -0.4 is 5.32 Å². The molecule has 16 heavy (non-hydrogen) atoms. The Morgan fingerprint density at radius 2 is 1.69 bits per heavy atom. The van der Waals surface area contributed by atoms with Crippen LogP contribution in [-0.4, -0.2) is 24.6 Å². The van der Waals surface area contributed by atoms with Crippen LogP contribution in [0.25, 0.3) is 0 Å². The maximum Gasteiger partial charge on any atom is -0.00205 e. The predicted octanol–water partition coefficient (Wildman–Crippen LogP) is 4.04. The van der Waals surface area contributed by atoms with Crippen LogP contribution in [0.3, 0.4) is 0 Å². The molecule has 0 radical (unpaired) electrons. The first kappa shape index (κ1) is 16.3. The van der Waals surface area contributed by atoms with E-state index in [0.29, 0.717) is 0 Å². The van der Waals surface area contributed by atoms with Gasteiger partial charge in [0.05, 0.1) is 0 Å². The van der Waals surface area contributed by atoms with Crippen LogP contribution in [0.2, 0.25) is 0 Å². The fourth-order valence-electron chi connectivity index (χ4n) is 1.74. The van der Waals surface area contributed by atoms with Gasteiger partial charge in [-0.15, -0.1) is 0 Å². The zero-order valence-corrected chi connectivity index (χ0v) is 12.7. The van der Waals surface area contributed by atoms with Crippen LogP contribution in [-0.2, 0) is 0 Å². The summed E-state index contributed by atoms with van der Waals surface area (Å²) in [7, 11) is 0. The van der Waals surface area contributed by atoms with E-state index in [1.165, 1.54) is 30.9 Å². The van der Waals surface area contributed by atoms with Crippen molar-refractivity contribution in [3.63, 3.8) is 0 Å². The van der Waals surface area contributed by atoms with Crippen molar-refractivity contribution >= 4 is 11.8 Å². The van der Waals surface area contributed by atoms with E-state index in [4.69, 9.17) is 0 Å². The number of nitrogens with one attached hydrogen (secondary N) is 1. The zero-order chi connectivity index (χ0) is 12.4. The van der Waals surface area contributed by atoms with Crippen molar-refractivity contribution in [3.05, 3.63) is 0 Å². The molecule has 0 aliphatic rings. The van der Waals surface area contributed by atoms with Crippen molar-refractivity contribution in [2.75, 3.05) is 24.6 Å². The predicted molar refractivity (Wildman–Crippen MR) is 78.3 cm³/mol. The normalized spacial score (nSPS) is 15.4. The van der Waals surface area contributed by atoms with Gasteiger partial charge in [0.2, 0.25) is 0 Å². The van der Waals surface area contributed by atoms with Crippen molar-refractivity contribution in [1.82, 2.24) is 5.32 Å². The van der Waals surface area contributed by atoms with Crippen LogP contribution in [0.5, 0.6) is 0 Å². The Bertz CT molecular complexity index is 148. The first-order valence-electron chi connectivity index (χ1n) is 6.86. The van der Waals surface area contributed by atoms with E-state index in [0.717, 1.165) is 24.3 Å². The molecule has 0 aliphatic heterocycles. The minimum atomic E-state index is 0.767. The molecule has 0 aromatic carbocycles. The second kappa shape index (κ2) is 10.5. The summed E-state index contributed by atoms with van der Waals surface area (Å²) in [5.74, 6) is 5.04. The number of thioether (sulfide) groups is 1. The molecule has 0 bridgehead atoms. The van der Waals surface area contributed by atoms with Gasteiger partial charge in [-0.05, 0) is 55.2 Å². The van der Waals surface area contributed by atoms with E-state index >= 15 is 0 Å². The summed E-state index contributed by atoms with van der Waals surface area (Å²) in [4.78, 5) is 0. The van der Waals surface area contributed by atoms with Gasteiger partial charge in [0.15, 0.2) is 0 Å². The molecule has 0 heterocycles. The van der Waals surface area contributed by atoms with Gasteiger partial charge in [-0.25, -0.2) is 0 Å². The number of hydrogen-bond acceptors (Lipinski definition) is 2. The van der Waals surface area contributed by atoms with Crippen LogP contribution in [0.1, 0.15) is 47.5 Å². The lowest BCUT2D eigenvalue weighted by molar-refractivity contribution is 0.340. The molecule has 0 fully saturated rings. The van der Waals surface area contributed by atoms with Crippen LogP contribution in [0.4, 0.5) is 0 Å². The fourth-order valence-corrected chi connectivity index (χ4v) is 2.40. The molecule has 0 aliphatic carbocycles. The highest BCUT2D eigenvalue weighted by molar-refractivity contribution is 7.99. The third kappa shape index (κ3) is 9.53. The lowest BCUT2D eigenvalue weighted by atomic mass is 9.92. The summed E-state index contributed by atoms with van der Waals surface area (Å²) in [5, 5.41) is 3.56. The van der Waals surface area contributed by atoms with Gasteiger partial charge in [0.1, 0.15) is 0 Å². The monoisotopic (exact) mass is 245 g/mol. The highest BCUT2D eigenvalue weighted by Gasteiger charge is 2.11. The summed E-state index contributed by atoms with van der Waals surface area (Å²) < 4.78 is 0. The van der Waals surface area contributed by atoms with E-state index in [9.17, 15) is 0 Å². The van der Waals surface area contributed by atoms with Gasteiger partial charge < -0.3 is 5.32 Å². The Balaban J connectivity index is 3.45. The Kier molecular flexibility index (Phi) is 10.7. The Morgan fingerprint density at radius 1 is 1.00 bits per heavy atom. The number of rotatable bonds is 10. The summed E-state index contributed by atoms with van der Waals surface area (Å²) in [6.45, 7) is 13.9. The van der Waals surface area contributed by atoms with Gasteiger partial charge in [-0.2, -0.15) is 11.8 Å². The molecular weight excluding hydrogens is 214 g/mol. The molecular formula is C14H31NS. The van der Waals surface area contributed by atoms with E-state index < -0.39 is 0 Å².